The number of para-hydroxylation sites is 5. The quantitative estimate of drug-likeness (QED) is 0.0603. The van der Waals surface area contributed by atoms with Crippen molar-refractivity contribution in [2.45, 2.75) is 320 Å². The molecule has 0 aromatic heterocycles. The SMILES string of the molecule is CC(C)CC(=O)N(c1ccccc1)C(C)C.CC(C)Cc1ccccc1C(C)C.CC(C)Oc1ccccc1C(C)C.CC(C)c1ccccc1C(C)(C)C(C)C.CC(C)c1ccccc1N(C)C(C)C.Cc1cccc(C)c1N(C(=O)CC(C)C)C(C)C.Cc1cccc(C)c1N(C(=O)CC(C)C)C(C)C. The van der Waals surface area contributed by atoms with Crippen LogP contribution in [-0.4, -0.2) is 55.0 Å². The number of hydrogen-bond acceptors (Lipinski definition) is 5. The molecule has 0 heterocycles. The van der Waals surface area contributed by atoms with Gasteiger partial charge in [-0.05, 0) is 242 Å². The van der Waals surface area contributed by atoms with Gasteiger partial charge in [-0.15, -0.1) is 0 Å². The highest BCUT2D eigenvalue weighted by Crippen LogP contribution is 2.37. The van der Waals surface area contributed by atoms with Crippen LogP contribution in [0.4, 0.5) is 22.7 Å². The molecule has 8 nitrogen and oxygen atoms in total. The molecule has 3 amide bonds. The Bertz CT molecular complexity index is 3460. The van der Waals surface area contributed by atoms with E-state index in [-0.39, 0.29) is 47.4 Å². The maximum atomic E-state index is 12.4. The Morgan fingerprint density at radius 1 is 0.346 bits per heavy atom. The molecule has 7 rings (SSSR count). The van der Waals surface area contributed by atoms with Crippen LogP contribution in [0.1, 0.15) is 306 Å². The molecular weight excluding hydrogens is 1310 g/mol. The van der Waals surface area contributed by atoms with Crippen LogP contribution >= 0.6 is 0 Å². The van der Waals surface area contributed by atoms with Gasteiger partial charge < -0.3 is 24.3 Å². The van der Waals surface area contributed by atoms with Crippen LogP contribution in [0.2, 0.25) is 0 Å². The second-order valence-electron chi connectivity index (χ2n) is 34.5. The maximum Gasteiger partial charge on any atom is 0.227 e. The number of anilines is 4. The lowest BCUT2D eigenvalue weighted by atomic mass is 9.72. The third kappa shape index (κ3) is 33.9. The zero-order valence-electron chi connectivity index (χ0n) is 74.4. The van der Waals surface area contributed by atoms with E-state index in [1.807, 2.05) is 83.1 Å². The first-order valence-corrected chi connectivity index (χ1v) is 40.7. The highest BCUT2D eigenvalue weighted by molar-refractivity contribution is 5.96. The van der Waals surface area contributed by atoms with Gasteiger partial charge in [-0.25, -0.2) is 0 Å². The molecule has 0 aliphatic heterocycles. The van der Waals surface area contributed by atoms with Crippen molar-refractivity contribution in [3.8, 4) is 5.75 Å². The lowest BCUT2D eigenvalue weighted by Gasteiger charge is -2.33. The normalized spacial score (nSPS) is 11.3. The zero-order chi connectivity index (χ0) is 81.9. The van der Waals surface area contributed by atoms with Crippen LogP contribution in [0, 0.1) is 57.3 Å². The van der Waals surface area contributed by atoms with E-state index in [1.165, 1.54) is 67.7 Å². The van der Waals surface area contributed by atoms with E-state index in [4.69, 9.17) is 4.74 Å². The summed E-state index contributed by atoms with van der Waals surface area (Å²) < 4.78 is 5.71. The molecule has 7 aromatic carbocycles. The van der Waals surface area contributed by atoms with E-state index in [0.29, 0.717) is 72.6 Å². The number of carbonyl (C=O) groups excluding carboxylic acids is 3. The summed E-state index contributed by atoms with van der Waals surface area (Å²) in [5, 5.41) is 0. The maximum absolute atomic E-state index is 12.4. The Morgan fingerprint density at radius 2 is 0.682 bits per heavy atom. The number of benzene rings is 7. The first-order valence-electron chi connectivity index (χ1n) is 40.7. The molecule has 0 unspecified atom stereocenters. The lowest BCUT2D eigenvalue weighted by molar-refractivity contribution is -0.120. The monoisotopic (exact) mass is 1460 g/mol. The van der Waals surface area contributed by atoms with Gasteiger partial charge in [0.1, 0.15) is 5.75 Å². The van der Waals surface area contributed by atoms with Gasteiger partial charge in [-0.1, -0.05) is 278 Å². The van der Waals surface area contributed by atoms with E-state index in [9.17, 15) is 14.4 Å². The predicted octanol–water partition coefficient (Wildman–Crippen LogP) is 27.7. The van der Waals surface area contributed by atoms with Crippen molar-refractivity contribution in [2.24, 2.45) is 29.6 Å². The smallest absolute Gasteiger partial charge is 0.227 e. The average Bonchev–Trinajstić information content (AvgIpc) is 0.817. The van der Waals surface area contributed by atoms with Gasteiger partial charge in [-0.2, -0.15) is 0 Å². The van der Waals surface area contributed by atoms with Gasteiger partial charge in [0, 0.05) is 73.2 Å². The highest BCUT2D eigenvalue weighted by atomic mass is 16.5. The van der Waals surface area contributed by atoms with Crippen molar-refractivity contribution in [2.75, 3.05) is 26.6 Å². The van der Waals surface area contributed by atoms with Gasteiger partial charge in [-0.3, -0.25) is 14.4 Å². The Labute approximate surface area is 657 Å². The number of carbonyl (C=O) groups is 3. The summed E-state index contributed by atoms with van der Waals surface area (Å²) in [5.41, 5.74) is 18.2. The molecule has 0 fully saturated rings. The van der Waals surface area contributed by atoms with Crippen LogP contribution in [-0.2, 0) is 26.2 Å². The fourth-order valence-corrected chi connectivity index (χ4v) is 12.9. The number of ether oxygens (including phenoxy) is 1. The van der Waals surface area contributed by atoms with Gasteiger partial charge in [0.15, 0.2) is 0 Å². The molecule has 0 bridgehead atoms. The molecule has 0 saturated heterocycles. The number of hydrogen-bond donors (Lipinski definition) is 0. The van der Waals surface area contributed by atoms with Gasteiger partial charge in [0.2, 0.25) is 17.7 Å². The van der Waals surface area contributed by atoms with E-state index in [0.717, 1.165) is 28.7 Å². The van der Waals surface area contributed by atoms with Crippen LogP contribution in [0.5, 0.6) is 5.75 Å². The fraction of sp³-hybridized carbons (Fsp3) is 0.545. The Morgan fingerprint density at radius 3 is 1.04 bits per heavy atom. The van der Waals surface area contributed by atoms with Crippen molar-refractivity contribution in [1.29, 1.82) is 0 Å². The van der Waals surface area contributed by atoms with Crippen molar-refractivity contribution >= 4 is 40.5 Å². The van der Waals surface area contributed by atoms with Gasteiger partial charge >= 0.3 is 0 Å². The van der Waals surface area contributed by atoms with E-state index in [2.05, 4.69) is 343 Å². The molecule has 0 spiro atoms. The first-order chi connectivity index (χ1) is 49.8. The first kappa shape index (κ1) is 97.6. The van der Waals surface area contributed by atoms with E-state index < -0.39 is 0 Å². The summed E-state index contributed by atoms with van der Waals surface area (Å²) in [6.45, 7) is 73.5. The van der Waals surface area contributed by atoms with E-state index >= 15 is 0 Å². The summed E-state index contributed by atoms with van der Waals surface area (Å²) in [6, 6.07) is 57.9. The molecule has 0 N–H and O–H groups in total. The third-order valence-corrected chi connectivity index (χ3v) is 19.1. The Balaban J connectivity index is 0.000000626. The second kappa shape index (κ2) is 48.9. The largest absolute Gasteiger partial charge is 0.491 e. The Hall–Kier alpha value is -7.45. The van der Waals surface area contributed by atoms with Gasteiger partial charge in [0.05, 0.1) is 6.10 Å². The van der Waals surface area contributed by atoms with Crippen LogP contribution < -0.4 is 24.3 Å². The minimum Gasteiger partial charge on any atom is -0.491 e. The molecular formula is C99H154N4O4. The van der Waals surface area contributed by atoms with Crippen LogP contribution in [0.25, 0.3) is 0 Å². The van der Waals surface area contributed by atoms with Crippen molar-refractivity contribution in [3.05, 3.63) is 219 Å². The van der Waals surface area contributed by atoms with Gasteiger partial charge in [0.25, 0.3) is 0 Å². The predicted molar refractivity (Wildman–Crippen MR) is 472 cm³/mol. The molecule has 0 atom stereocenters. The van der Waals surface area contributed by atoms with Crippen molar-refractivity contribution < 1.29 is 19.1 Å². The summed E-state index contributed by atoms with van der Waals surface area (Å²) in [4.78, 5) is 45.1. The molecule has 0 aliphatic rings. The standard InChI is InChI=1S/2C16H25NO.C15H24.C14H21NO.C13H21N.C13H20.C12H18O/c2*1-11(2)10-15(18)17(12(3)4)16-13(5)8-7-9-14(16)6;1-11(2)13-9-7-8-10-14(13)15(5,6)12(3)4;1-11(2)10-14(16)15(12(3)4)13-8-6-5-7-9-13;1-10(2)12-8-6-7-9-13(12)14(5)11(3)4;1-10(2)9-12-7-5-6-8-13(12)11(3)4;1-9(2)11-7-5-6-8-12(11)13-10(3)4/h2*7-9,11-12H,10H2,1-6H3;7-12H,1-6H3;5-9,11-12H,10H2,1-4H3;6-11H,1-5H3;5-8,10-11H,9H2,1-4H3;5-10H,1-4H3. The molecule has 7 aromatic rings. The summed E-state index contributed by atoms with van der Waals surface area (Å²) in [6.07, 6.45) is 3.26. The van der Waals surface area contributed by atoms with Crippen molar-refractivity contribution in [3.63, 3.8) is 0 Å². The van der Waals surface area contributed by atoms with Crippen LogP contribution in [0.15, 0.2) is 164 Å². The van der Waals surface area contributed by atoms with E-state index in [1.54, 1.807) is 0 Å². The number of aryl methyl sites for hydroxylation is 4. The molecule has 0 saturated carbocycles. The third-order valence-electron chi connectivity index (χ3n) is 19.1. The molecule has 8 heteroatoms. The zero-order valence-corrected chi connectivity index (χ0v) is 74.4. The Kier molecular flexibility index (Phi) is 44.5. The molecule has 0 radical (unpaired) electrons. The number of amides is 3. The average molecular weight is 1460 g/mol. The topological polar surface area (TPSA) is 73.4 Å². The minimum atomic E-state index is 0.191. The molecule has 107 heavy (non-hydrogen) atoms. The fourth-order valence-electron chi connectivity index (χ4n) is 12.9. The number of rotatable bonds is 24. The summed E-state index contributed by atoms with van der Waals surface area (Å²) in [5.74, 6) is 6.64. The summed E-state index contributed by atoms with van der Waals surface area (Å²) >= 11 is 0. The lowest BCUT2D eigenvalue weighted by Crippen LogP contribution is -2.38. The highest BCUT2D eigenvalue weighted by Gasteiger charge is 2.29. The number of nitrogens with zero attached hydrogens (tertiary/aromatic N) is 4. The van der Waals surface area contributed by atoms with Crippen molar-refractivity contribution in [1.82, 2.24) is 0 Å². The summed E-state index contributed by atoms with van der Waals surface area (Å²) in [7, 11) is 2.16. The second-order valence-corrected chi connectivity index (χ2v) is 34.5. The minimum absolute atomic E-state index is 0.191. The van der Waals surface area contributed by atoms with Crippen LogP contribution in [0.3, 0.4) is 0 Å². The molecule has 594 valence electrons. The molecule has 0 aliphatic carbocycles.